The quantitative estimate of drug-likeness (QED) is 0.0512. The van der Waals surface area contributed by atoms with E-state index in [1.54, 1.807) is 0 Å². The van der Waals surface area contributed by atoms with E-state index in [1.807, 2.05) is 19.1 Å². The molecule has 3 aliphatic rings. The van der Waals surface area contributed by atoms with Gasteiger partial charge in [-0.15, -0.1) is 33.5 Å². The summed E-state index contributed by atoms with van der Waals surface area (Å²) in [6, 6.07) is 0. The zero-order valence-corrected chi connectivity index (χ0v) is 43.2. The molecule has 1 saturated heterocycles. The van der Waals surface area contributed by atoms with Gasteiger partial charge in [-0.05, 0) is 89.2 Å². The predicted molar refractivity (Wildman–Crippen MR) is 264 cm³/mol. The Bertz CT molecular complexity index is 2420. The summed E-state index contributed by atoms with van der Waals surface area (Å²) < 4.78 is 11.1. The molecule has 5 atom stereocenters. The van der Waals surface area contributed by atoms with E-state index in [1.165, 1.54) is 63.2 Å². The number of nitrogens with one attached hydrogen (secondary N) is 1. The summed E-state index contributed by atoms with van der Waals surface area (Å²) >= 11 is 0. The predicted octanol–water partition coefficient (Wildman–Crippen LogP) is 9.50. The molecule has 3 aromatic rings. The van der Waals surface area contributed by atoms with Crippen LogP contribution in [0.1, 0.15) is 187 Å². The molecule has 6 rings (SSSR count). The van der Waals surface area contributed by atoms with Gasteiger partial charge in [-0.3, -0.25) is 14.4 Å². The van der Waals surface area contributed by atoms with Gasteiger partial charge in [0.15, 0.2) is 5.78 Å². The van der Waals surface area contributed by atoms with E-state index in [0.717, 1.165) is 93.6 Å². The van der Waals surface area contributed by atoms with Crippen molar-refractivity contribution in [2.45, 2.75) is 160 Å². The van der Waals surface area contributed by atoms with Crippen LogP contribution in [0, 0.1) is 56.3 Å². The van der Waals surface area contributed by atoms with Crippen LogP contribution in [0.25, 0.3) is 23.8 Å². The van der Waals surface area contributed by atoms with Crippen LogP contribution in [0.4, 0.5) is 0 Å². The number of allylic oxidation sites excluding steroid dienone is 3. The van der Waals surface area contributed by atoms with Crippen LogP contribution >= 0.6 is 0 Å². The number of fused-ring (bicyclic) bond motifs is 7. The van der Waals surface area contributed by atoms with Crippen molar-refractivity contribution in [3.63, 3.8) is 0 Å². The number of ketones is 1. The Balaban J connectivity index is 0.00000793. The molecule has 348 valence electrons. The third-order valence-electron chi connectivity index (χ3n) is 14.5. The minimum Gasteiger partial charge on any atom is -0.657 e. The Kier molecular flexibility index (Phi) is 18.5. The summed E-state index contributed by atoms with van der Waals surface area (Å²) in [5.41, 5.74) is 11.9. The number of esters is 2. The Hall–Kier alpha value is -4.02. The van der Waals surface area contributed by atoms with Crippen LogP contribution in [-0.4, -0.2) is 54.5 Å². The van der Waals surface area contributed by atoms with E-state index in [-0.39, 0.29) is 59.7 Å². The molecule has 0 saturated carbocycles. The van der Waals surface area contributed by atoms with E-state index < -0.39 is 11.9 Å². The van der Waals surface area contributed by atoms with Crippen molar-refractivity contribution >= 4 is 64.6 Å². The van der Waals surface area contributed by atoms with Crippen LogP contribution in [0.3, 0.4) is 0 Å². The van der Waals surface area contributed by atoms with E-state index in [9.17, 15) is 14.4 Å². The second-order valence-corrected chi connectivity index (χ2v) is 19.7. The summed E-state index contributed by atoms with van der Waals surface area (Å²) in [7, 11) is 1.31. The monoisotopic (exact) mass is 896 g/mol. The summed E-state index contributed by atoms with van der Waals surface area (Å²) in [6.45, 7) is 24.3. The number of rotatable bonds is 20. The third kappa shape index (κ3) is 11.8. The summed E-state index contributed by atoms with van der Waals surface area (Å²) in [4.78, 5) is 56.8. The van der Waals surface area contributed by atoms with Crippen LogP contribution in [-0.2, 0) is 31.9 Å². The van der Waals surface area contributed by atoms with Crippen molar-refractivity contribution < 1.29 is 23.9 Å². The van der Waals surface area contributed by atoms with Gasteiger partial charge in [0.25, 0.3) is 0 Å². The smallest absolute Gasteiger partial charge is 0.657 e. The molecule has 2 aliphatic heterocycles. The average Bonchev–Trinajstić information content (AvgIpc) is 3.99. The zero-order valence-electron chi connectivity index (χ0n) is 41.8. The number of ether oxygens (including phenoxy) is 2. The van der Waals surface area contributed by atoms with Gasteiger partial charge in [0, 0.05) is 35.2 Å². The van der Waals surface area contributed by atoms with E-state index in [2.05, 4.69) is 86.7 Å². The Morgan fingerprint density at radius 3 is 2.06 bits per heavy atom. The van der Waals surface area contributed by atoms with Gasteiger partial charge in [-0.1, -0.05) is 145 Å². The number of nitrogens with zero attached hydrogens (tertiary/aromatic N) is 3. The van der Waals surface area contributed by atoms with Gasteiger partial charge in [-0.2, -0.15) is 0 Å². The number of Topliss-reactive ketones (excluding diaryl/α,β-unsaturated/α-hetero) is 1. The van der Waals surface area contributed by atoms with Gasteiger partial charge in [0.05, 0.1) is 7.11 Å². The largest absolute Gasteiger partial charge is 2.00 e. The summed E-state index contributed by atoms with van der Waals surface area (Å²) in [5, 5.41) is 5.38. The minimum atomic E-state index is -1.18. The molecule has 1 aliphatic carbocycles. The first kappa shape index (κ1) is 52.0. The first-order valence-electron chi connectivity index (χ1n) is 24.4. The van der Waals surface area contributed by atoms with Crippen molar-refractivity contribution in [2.24, 2.45) is 35.5 Å². The second-order valence-electron chi connectivity index (χ2n) is 19.7. The van der Waals surface area contributed by atoms with Crippen LogP contribution in [0.15, 0.2) is 23.0 Å². The summed E-state index contributed by atoms with van der Waals surface area (Å²) in [6.07, 6.45) is 21.7. The average molecular weight is 897 g/mol. The Morgan fingerprint density at radius 2 is 1.42 bits per heavy atom. The minimum absolute atomic E-state index is 0. The van der Waals surface area contributed by atoms with Crippen LogP contribution in [0.5, 0.6) is 0 Å². The van der Waals surface area contributed by atoms with Gasteiger partial charge in [-0.25, -0.2) is 0 Å². The number of carbonyl (C=O) groups is 3. The van der Waals surface area contributed by atoms with Crippen molar-refractivity contribution in [2.75, 3.05) is 13.7 Å². The second kappa shape index (κ2) is 23.1. The Labute approximate surface area is 405 Å². The molecular formula is C55H75MgN4O5-. The third-order valence-corrected chi connectivity index (χ3v) is 14.5. The molecule has 3 aromatic heterocycles. The van der Waals surface area contributed by atoms with Gasteiger partial charge < -0.3 is 29.7 Å². The molecule has 65 heavy (non-hydrogen) atoms. The molecule has 0 amide bonds. The van der Waals surface area contributed by atoms with Gasteiger partial charge >= 0.3 is 35.0 Å². The van der Waals surface area contributed by atoms with E-state index in [4.69, 9.17) is 24.4 Å². The molecule has 0 aromatic carbocycles. The first-order chi connectivity index (χ1) is 30.6. The topological polar surface area (TPSA) is 124 Å². The fourth-order valence-corrected chi connectivity index (χ4v) is 10.4. The molecule has 0 spiro atoms. The molecule has 5 heterocycles. The number of methoxy groups -OCH3 is 1. The van der Waals surface area contributed by atoms with E-state index in [0.29, 0.717) is 34.5 Å². The van der Waals surface area contributed by atoms with Crippen molar-refractivity contribution in [1.29, 1.82) is 0 Å². The van der Waals surface area contributed by atoms with Crippen molar-refractivity contribution in [1.82, 2.24) is 20.3 Å². The van der Waals surface area contributed by atoms with Crippen molar-refractivity contribution in [3.05, 3.63) is 89.9 Å². The molecule has 0 unspecified atom stereocenters. The summed E-state index contributed by atoms with van der Waals surface area (Å²) in [5.74, 6) is -0.409. The van der Waals surface area contributed by atoms with Crippen molar-refractivity contribution in [3.8, 4) is 0 Å². The SMILES string of the molecule is CCc1c2[n-]c(c1C)/C=C1\N/C(=C3\c4[n-]c(c(C)c4C(=O)[C@H]3C(=O)OC)/C=c3\[n-]/c(c(C)c3CC)=C\2)[C@@H](CCC(=O)OC/C=C(\C)CCC[C@H](C)CCC[C@H](C)CCCC(C)C)[C@@H]1C.[Mg+2]. The van der Waals surface area contributed by atoms with Crippen LogP contribution in [0.2, 0.25) is 0 Å². The number of aromatic nitrogens is 3. The molecule has 1 N–H and O–H groups in total. The molecule has 0 radical (unpaired) electrons. The molecule has 1 fully saturated rings. The maximum Gasteiger partial charge on any atom is 2.00 e. The van der Waals surface area contributed by atoms with Gasteiger partial charge in [0.1, 0.15) is 12.5 Å². The normalized spacial score (nSPS) is 21.7. The molecule has 10 heteroatoms. The molecule has 8 bridgehead atoms. The fraction of sp³-hybridized carbons (Fsp3) is 0.582. The number of hydrogen-bond donors (Lipinski definition) is 1. The maximum atomic E-state index is 14.4. The van der Waals surface area contributed by atoms with Gasteiger partial charge in [0.2, 0.25) is 0 Å². The molecule has 9 nitrogen and oxygen atoms in total. The molecular weight excluding hydrogens is 821 g/mol. The zero-order chi connectivity index (χ0) is 46.4. The number of carbonyl (C=O) groups excluding carboxylic acids is 3. The van der Waals surface area contributed by atoms with E-state index >= 15 is 0 Å². The van der Waals surface area contributed by atoms with Crippen LogP contribution < -0.4 is 31.0 Å². The fourth-order valence-electron chi connectivity index (χ4n) is 10.4. The Morgan fingerprint density at radius 1 is 0.785 bits per heavy atom. The number of hydrogen-bond acceptors (Lipinski definition) is 6. The maximum absolute atomic E-state index is 14.4. The first-order valence-corrected chi connectivity index (χ1v) is 24.4. The standard InChI is InChI=1S/C55H76N4O5.Mg/c1-13-39-35(8)42-28-44-37(10)41(24-25-48(60)64-27-26-34(7)23-17-22-33(6)21-16-20-32(5)19-15-18-31(3)4)52(58-44)50-51(55(62)63-12)54(61)49-38(11)45(59-53(49)50)30-47-40(14-2)36(9)43(57-47)29-46(39)56-42;/h26,28-33,37,41,51H,13-25,27H2,1-12H3,(H2,58,59,61);/q-2;+2/p-1/b34-26+,43-29-,44-28-,47-30-;/t32-,33-,37+,41+,51+;/m1./s1.